The summed E-state index contributed by atoms with van der Waals surface area (Å²) in [6.45, 7) is 0. The monoisotopic (exact) mass is 300 g/mol. The number of benzene rings is 1. The van der Waals surface area contributed by atoms with E-state index in [2.05, 4.69) is 20.7 Å². The molecular weight excluding hydrogens is 288 g/mol. The van der Waals surface area contributed by atoms with E-state index in [1.54, 1.807) is 12.1 Å². The Morgan fingerprint density at radius 3 is 2.65 bits per heavy atom. The maximum absolute atomic E-state index is 11.5. The fraction of sp³-hybridized carbons (Fsp3) is 0.333. The number of carbonyl (C=O) groups excluding carboxylic acids is 1. The molecule has 0 aromatic heterocycles. The molecule has 0 bridgehead atoms. The van der Waals surface area contributed by atoms with Crippen LogP contribution in [-0.4, -0.2) is 24.2 Å². The molecule has 0 amide bonds. The number of esters is 1. The maximum atomic E-state index is 11.5. The smallest absolute Gasteiger partial charge is 0.338 e. The van der Waals surface area contributed by atoms with E-state index in [1.165, 1.54) is 7.11 Å². The molecule has 0 saturated carbocycles. The lowest BCUT2D eigenvalue weighted by atomic mass is 9.99. The minimum absolute atomic E-state index is 0.0463. The lowest BCUT2D eigenvalue weighted by Crippen LogP contribution is -2.08. The van der Waals surface area contributed by atoms with Gasteiger partial charge in [-0.05, 0) is 23.6 Å². The number of carboxylic acids is 1. The van der Waals surface area contributed by atoms with Gasteiger partial charge >= 0.3 is 11.9 Å². The lowest BCUT2D eigenvalue weighted by Gasteiger charge is -2.10. The van der Waals surface area contributed by atoms with Crippen LogP contribution >= 0.6 is 15.9 Å². The van der Waals surface area contributed by atoms with Crippen LogP contribution in [0, 0.1) is 0 Å². The molecule has 0 heterocycles. The first-order valence-electron chi connectivity index (χ1n) is 5.07. The van der Waals surface area contributed by atoms with Gasteiger partial charge in [0.1, 0.15) is 0 Å². The van der Waals surface area contributed by atoms with Crippen molar-refractivity contribution in [2.45, 2.75) is 18.2 Å². The van der Waals surface area contributed by atoms with Crippen molar-refractivity contribution in [3.63, 3.8) is 0 Å². The van der Waals surface area contributed by atoms with E-state index >= 15 is 0 Å². The summed E-state index contributed by atoms with van der Waals surface area (Å²) >= 11 is 3.31. The van der Waals surface area contributed by atoms with Crippen LogP contribution in [0.3, 0.4) is 0 Å². The average molecular weight is 301 g/mol. The molecule has 0 fully saturated rings. The second kappa shape index (κ2) is 6.39. The van der Waals surface area contributed by atoms with E-state index in [9.17, 15) is 9.59 Å². The van der Waals surface area contributed by atoms with E-state index in [1.807, 2.05) is 6.07 Å². The van der Waals surface area contributed by atoms with Gasteiger partial charge in [-0.3, -0.25) is 4.79 Å². The number of aliphatic carboxylic acids is 1. The van der Waals surface area contributed by atoms with E-state index in [0.29, 0.717) is 17.3 Å². The van der Waals surface area contributed by atoms with Gasteiger partial charge in [-0.15, -0.1) is 0 Å². The molecule has 0 aliphatic heterocycles. The van der Waals surface area contributed by atoms with Crippen LogP contribution in [0.15, 0.2) is 18.2 Å². The first-order chi connectivity index (χ1) is 8.10. The van der Waals surface area contributed by atoms with Crippen molar-refractivity contribution in [1.29, 1.82) is 0 Å². The topological polar surface area (TPSA) is 63.6 Å². The lowest BCUT2D eigenvalue weighted by molar-refractivity contribution is -0.136. The largest absolute Gasteiger partial charge is 0.481 e. The predicted octanol–water partition coefficient (Wildman–Crippen LogP) is 2.39. The molecule has 1 aromatic carbocycles. The van der Waals surface area contributed by atoms with Crippen molar-refractivity contribution in [2.75, 3.05) is 7.11 Å². The highest BCUT2D eigenvalue weighted by atomic mass is 79.9. The van der Waals surface area contributed by atoms with Crippen LogP contribution in [-0.2, 0) is 21.3 Å². The molecule has 1 N–H and O–H groups in total. The van der Waals surface area contributed by atoms with Crippen LogP contribution in [0.1, 0.15) is 27.9 Å². The standard InChI is InChI=1S/C12H13BrO4/c1-17-12(16)9-4-2-3-8(10(9)7-13)5-6-11(14)15/h2-4H,5-7H2,1H3,(H,14,15). The van der Waals surface area contributed by atoms with Crippen LogP contribution in [0.5, 0.6) is 0 Å². The van der Waals surface area contributed by atoms with Crippen LogP contribution < -0.4 is 0 Å². The van der Waals surface area contributed by atoms with Crippen LogP contribution in [0.2, 0.25) is 0 Å². The molecule has 0 aliphatic carbocycles. The second-order valence-corrected chi connectivity index (χ2v) is 4.02. The van der Waals surface area contributed by atoms with Crippen LogP contribution in [0.25, 0.3) is 0 Å². The van der Waals surface area contributed by atoms with Gasteiger partial charge in [0.25, 0.3) is 0 Å². The van der Waals surface area contributed by atoms with Gasteiger partial charge < -0.3 is 9.84 Å². The maximum Gasteiger partial charge on any atom is 0.338 e. The predicted molar refractivity (Wildman–Crippen MR) is 66.4 cm³/mol. The normalized spacial score (nSPS) is 10.0. The van der Waals surface area contributed by atoms with Crippen molar-refractivity contribution in [2.24, 2.45) is 0 Å². The zero-order valence-corrected chi connectivity index (χ0v) is 11.0. The molecular formula is C12H13BrO4. The number of hydrogen-bond acceptors (Lipinski definition) is 3. The summed E-state index contributed by atoms with van der Waals surface area (Å²) in [6.07, 6.45) is 0.450. The average Bonchev–Trinajstić information content (AvgIpc) is 2.34. The molecule has 0 radical (unpaired) electrons. The Labute approximate surface area is 108 Å². The molecule has 1 aromatic rings. The van der Waals surface area contributed by atoms with E-state index in [0.717, 1.165) is 11.1 Å². The Bertz CT molecular complexity index is 429. The highest BCUT2D eigenvalue weighted by Gasteiger charge is 2.14. The number of rotatable bonds is 5. The van der Waals surface area contributed by atoms with Gasteiger partial charge in [0.2, 0.25) is 0 Å². The van der Waals surface area contributed by atoms with Crippen molar-refractivity contribution in [3.8, 4) is 0 Å². The van der Waals surface area contributed by atoms with Crippen molar-refractivity contribution in [3.05, 3.63) is 34.9 Å². The zero-order valence-electron chi connectivity index (χ0n) is 9.40. The van der Waals surface area contributed by atoms with Crippen LogP contribution in [0.4, 0.5) is 0 Å². The molecule has 0 unspecified atom stereocenters. The summed E-state index contributed by atoms with van der Waals surface area (Å²) in [7, 11) is 1.32. The fourth-order valence-corrected chi connectivity index (χ4v) is 2.23. The molecule has 17 heavy (non-hydrogen) atoms. The van der Waals surface area contributed by atoms with E-state index in [-0.39, 0.29) is 6.42 Å². The number of carbonyl (C=O) groups is 2. The van der Waals surface area contributed by atoms with Crippen molar-refractivity contribution >= 4 is 27.9 Å². The highest BCUT2D eigenvalue weighted by molar-refractivity contribution is 9.08. The Hall–Kier alpha value is -1.36. The molecule has 1 rings (SSSR count). The fourth-order valence-electron chi connectivity index (χ4n) is 1.57. The van der Waals surface area contributed by atoms with Gasteiger partial charge in [-0.2, -0.15) is 0 Å². The Morgan fingerprint density at radius 2 is 2.12 bits per heavy atom. The number of carboxylic acid groups (broad SMARTS) is 1. The van der Waals surface area contributed by atoms with E-state index in [4.69, 9.17) is 5.11 Å². The Morgan fingerprint density at radius 1 is 1.41 bits per heavy atom. The Balaban J connectivity index is 3.05. The molecule has 5 heteroatoms. The summed E-state index contributed by atoms with van der Waals surface area (Å²) < 4.78 is 4.68. The first kappa shape index (κ1) is 13.7. The molecule has 0 spiro atoms. The molecule has 92 valence electrons. The molecule has 0 aliphatic rings. The molecule has 0 saturated heterocycles. The summed E-state index contributed by atoms with van der Waals surface area (Å²) in [6, 6.07) is 5.23. The van der Waals surface area contributed by atoms with Gasteiger partial charge in [-0.1, -0.05) is 28.1 Å². The number of halogens is 1. The number of alkyl halides is 1. The quantitative estimate of drug-likeness (QED) is 0.670. The third-order valence-electron chi connectivity index (χ3n) is 2.42. The van der Waals surface area contributed by atoms with Gasteiger partial charge in [0.05, 0.1) is 12.7 Å². The minimum atomic E-state index is -0.853. The first-order valence-corrected chi connectivity index (χ1v) is 6.19. The van der Waals surface area contributed by atoms with Gasteiger partial charge in [0.15, 0.2) is 0 Å². The third-order valence-corrected chi connectivity index (χ3v) is 2.98. The van der Waals surface area contributed by atoms with Gasteiger partial charge in [-0.25, -0.2) is 4.79 Å². The summed E-state index contributed by atoms with van der Waals surface area (Å²) in [4.78, 5) is 22.1. The molecule has 4 nitrogen and oxygen atoms in total. The summed E-state index contributed by atoms with van der Waals surface area (Å²) in [5.74, 6) is -1.26. The number of methoxy groups -OCH3 is 1. The zero-order chi connectivity index (χ0) is 12.8. The van der Waals surface area contributed by atoms with Crippen molar-refractivity contribution in [1.82, 2.24) is 0 Å². The summed E-state index contributed by atoms with van der Waals surface area (Å²) in [5.41, 5.74) is 2.13. The van der Waals surface area contributed by atoms with Gasteiger partial charge in [0, 0.05) is 11.8 Å². The third kappa shape index (κ3) is 3.56. The highest BCUT2D eigenvalue weighted by Crippen LogP contribution is 2.20. The second-order valence-electron chi connectivity index (χ2n) is 3.46. The minimum Gasteiger partial charge on any atom is -0.481 e. The number of ether oxygens (including phenoxy) is 1. The Kier molecular flexibility index (Phi) is 5.15. The summed E-state index contributed by atoms with van der Waals surface area (Å²) in [5, 5.41) is 9.15. The number of aryl methyl sites for hydroxylation is 1. The van der Waals surface area contributed by atoms with E-state index < -0.39 is 11.9 Å². The SMILES string of the molecule is COC(=O)c1cccc(CCC(=O)O)c1CBr. The number of hydrogen-bond donors (Lipinski definition) is 1. The van der Waals surface area contributed by atoms with Crippen molar-refractivity contribution < 1.29 is 19.4 Å². The molecule has 0 atom stereocenters.